The van der Waals surface area contributed by atoms with Crippen LogP contribution in [0.4, 0.5) is 0 Å². The highest BCUT2D eigenvalue weighted by Gasteiger charge is 2.15. The van der Waals surface area contributed by atoms with Gasteiger partial charge in [-0.1, -0.05) is 0 Å². The second-order valence-electron chi connectivity index (χ2n) is 5.35. The van der Waals surface area contributed by atoms with Crippen LogP contribution in [0.2, 0.25) is 0 Å². The molecule has 0 amide bonds. The summed E-state index contributed by atoms with van der Waals surface area (Å²) in [4.78, 5) is 4.20. The van der Waals surface area contributed by atoms with E-state index < -0.39 is 0 Å². The number of aromatic nitrogens is 2. The molecule has 1 aliphatic rings. The first-order valence-corrected chi connectivity index (χ1v) is 7.96. The van der Waals surface area contributed by atoms with Crippen LogP contribution < -0.4 is 10.6 Å². The lowest BCUT2D eigenvalue weighted by Crippen LogP contribution is -2.39. The van der Waals surface area contributed by atoms with Crippen molar-refractivity contribution in [2.24, 2.45) is 10.9 Å². The lowest BCUT2D eigenvalue weighted by molar-refractivity contribution is 0.0888. The molecule has 1 saturated heterocycles. The SMILES string of the molecule is CN=C(NCCCOCC1CCOC1)NCCn1cccn1. The summed E-state index contributed by atoms with van der Waals surface area (Å²) in [5.74, 6) is 1.40. The van der Waals surface area contributed by atoms with E-state index >= 15 is 0 Å². The van der Waals surface area contributed by atoms with Crippen LogP contribution in [-0.4, -0.2) is 62.3 Å². The Morgan fingerprint density at radius 3 is 3.09 bits per heavy atom. The molecular weight excluding hydrogens is 282 g/mol. The van der Waals surface area contributed by atoms with Gasteiger partial charge in [-0.2, -0.15) is 5.10 Å². The highest BCUT2D eigenvalue weighted by Crippen LogP contribution is 2.12. The molecule has 0 aromatic carbocycles. The van der Waals surface area contributed by atoms with Crippen LogP contribution >= 0.6 is 0 Å². The van der Waals surface area contributed by atoms with Gasteiger partial charge in [-0.05, 0) is 18.9 Å². The molecule has 7 nitrogen and oxygen atoms in total. The van der Waals surface area contributed by atoms with E-state index in [0.717, 1.165) is 64.9 Å². The summed E-state index contributed by atoms with van der Waals surface area (Å²) in [5.41, 5.74) is 0. The zero-order chi connectivity index (χ0) is 15.5. The fourth-order valence-corrected chi connectivity index (χ4v) is 2.29. The monoisotopic (exact) mass is 309 g/mol. The Balaban J connectivity index is 1.45. The van der Waals surface area contributed by atoms with Gasteiger partial charge in [0.05, 0.1) is 19.8 Å². The fraction of sp³-hybridized carbons (Fsp3) is 0.733. The summed E-state index contributed by atoms with van der Waals surface area (Å²) in [6, 6.07) is 1.92. The van der Waals surface area contributed by atoms with E-state index in [9.17, 15) is 0 Å². The van der Waals surface area contributed by atoms with Crippen molar-refractivity contribution in [3.8, 4) is 0 Å². The molecule has 22 heavy (non-hydrogen) atoms. The van der Waals surface area contributed by atoms with Crippen LogP contribution in [0.5, 0.6) is 0 Å². The van der Waals surface area contributed by atoms with Gasteiger partial charge >= 0.3 is 0 Å². The van der Waals surface area contributed by atoms with Gasteiger partial charge in [-0.15, -0.1) is 0 Å². The number of ether oxygens (including phenoxy) is 2. The van der Waals surface area contributed by atoms with Gasteiger partial charge in [0.1, 0.15) is 0 Å². The van der Waals surface area contributed by atoms with Crippen molar-refractivity contribution in [2.45, 2.75) is 19.4 Å². The normalized spacial score (nSPS) is 18.6. The van der Waals surface area contributed by atoms with Crippen molar-refractivity contribution in [1.29, 1.82) is 0 Å². The van der Waals surface area contributed by atoms with Gasteiger partial charge < -0.3 is 20.1 Å². The minimum Gasteiger partial charge on any atom is -0.381 e. The number of hydrogen-bond acceptors (Lipinski definition) is 4. The van der Waals surface area contributed by atoms with Crippen LogP contribution in [0.25, 0.3) is 0 Å². The number of nitrogens with zero attached hydrogens (tertiary/aromatic N) is 3. The second-order valence-corrected chi connectivity index (χ2v) is 5.35. The van der Waals surface area contributed by atoms with Crippen LogP contribution in [0.3, 0.4) is 0 Å². The molecule has 7 heteroatoms. The van der Waals surface area contributed by atoms with E-state index in [1.54, 1.807) is 13.2 Å². The third kappa shape index (κ3) is 6.44. The zero-order valence-corrected chi connectivity index (χ0v) is 13.3. The van der Waals surface area contributed by atoms with Crippen molar-refractivity contribution in [3.63, 3.8) is 0 Å². The first kappa shape index (κ1) is 16.8. The molecule has 1 aromatic heterocycles. The molecule has 1 unspecified atom stereocenters. The smallest absolute Gasteiger partial charge is 0.191 e. The topological polar surface area (TPSA) is 72.7 Å². The standard InChI is InChI=1S/C15H27N5O2/c1-16-15(18-7-9-20-8-2-6-19-20)17-5-3-10-21-12-14-4-11-22-13-14/h2,6,8,14H,3-5,7,9-13H2,1H3,(H2,16,17,18). The zero-order valence-electron chi connectivity index (χ0n) is 13.3. The molecule has 1 aliphatic heterocycles. The Labute approximate surface area is 132 Å². The maximum atomic E-state index is 5.67. The van der Waals surface area contributed by atoms with E-state index in [0.29, 0.717) is 5.92 Å². The highest BCUT2D eigenvalue weighted by molar-refractivity contribution is 5.79. The second kappa shape index (κ2) is 10.2. The molecule has 2 rings (SSSR count). The summed E-state index contributed by atoms with van der Waals surface area (Å²) in [6.45, 7) is 5.79. The van der Waals surface area contributed by atoms with Gasteiger partial charge in [0.2, 0.25) is 0 Å². The molecule has 0 bridgehead atoms. The van der Waals surface area contributed by atoms with Gasteiger partial charge in [-0.25, -0.2) is 0 Å². The maximum absolute atomic E-state index is 5.67. The molecule has 0 radical (unpaired) electrons. The first-order valence-electron chi connectivity index (χ1n) is 7.96. The molecule has 0 aliphatic carbocycles. The van der Waals surface area contributed by atoms with E-state index in [1.807, 2.05) is 16.9 Å². The molecule has 124 valence electrons. The molecule has 2 N–H and O–H groups in total. The van der Waals surface area contributed by atoms with Crippen molar-refractivity contribution in [1.82, 2.24) is 20.4 Å². The van der Waals surface area contributed by atoms with Crippen LogP contribution in [0.15, 0.2) is 23.5 Å². The summed E-state index contributed by atoms with van der Waals surface area (Å²) in [7, 11) is 1.78. The van der Waals surface area contributed by atoms with Crippen molar-refractivity contribution in [3.05, 3.63) is 18.5 Å². The number of rotatable bonds is 9. The predicted octanol–water partition coefficient (Wildman–Crippen LogP) is 0.491. The van der Waals surface area contributed by atoms with Crippen molar-refractivity contribution < 1.29 is 9.47 Å². The summed E-state index contributed by atoms with van der Waals surface area (Å²) >= 11 is 0. The lowest BCUT2D eigenvalue weighted by atomic mass is 10.1. The maximum Gasteiger partial charge on any atom is 0.191 e. The molecule has 0 saturated carbocycles. The van der Waals surface area contributed by atoms with E-state index in [2.05, 4.69) is 20.7 Å². The molecule has 1 aromatic rings. The predicted molar refractivity (Wildman–Crippen MR) is 86.0 cm³/mol. The van der Waals surface area contributed by atoms with Gasteiger partial charge in [0, 0.05) is 51.7 Å². The minimum atomic E-state index is 0.588. The Kier molecular flexibility index (Phi) is 7.76. The van der Waals surface area contributed by atoms with Crippen LogP contribution in [0.1, 0.15) is 12.8 Å². The Hall–Kier alpha value is -1.60. The quantitative estimate of drug-likeness (QED) is 0.395. The van der Waals surface area contributed by atoms with Crippen molar-refractivity contribution in [2.75, 3.05) is 46.6 Å². The number of aliphatic imine (C=N–C) groups is 1. The van der Waals surface area contributed by atoms with E-state index in [4.69, 9.17) is 9.47 Å². The van der Waals surface area contributed by atoms with Gasteiger partial charge in [-0.3, -0.25) is 9.67 Å². The minimum absolute atomic E-state index is 0.588. The highest BCUT2D eigenvalue weighted by atomic mass is 16.5. The van der Waals surface area contributed by atoms with Gasteiger partial charge in [0.25, 0.3) is 0 Å². The Morgan fingerprint density at radius 2 is 2.36 bits per heavy atom. The van der Waals surface area contributed by atoms with Crippen LogP contribution in [-0.2, 0) is 16.0 Å². The molecule has 2 heterocycles. The van der Waals surface area contributed by atoms with E-state index in [-0.39, 0.29) is 0 Å². The lowest BCUT2D eigenvalue weighted by Gasteiger charge is -2.12. The first-order chi connectivity index (χ1) is 10.9. The average Bonchev–Trinajstić information content (AvgIpc) is 3.22. The number of guanidine groups is 1. The largest absolute Gasteiger partial charge is 0.381 e. The number of hydrogen-bond donors (Lipinski definition) is 2. The summed E-state index contributed by atoms with van der Waals surface area (Å²) in [6.07, 6.45) is 5.83. The molecule has 1 atom stereocenters. The van der Waals surface area contributed by atoms with Gasteiger partial charge in [0.15, 0.2) is 5.96 Å². The van der Waals surface area contributed by atoms with Crippen molar-refractivity contribution >= 4 is 5.96 Å². The van der Waals surface area contributed by atoms with E-state index in [1.165, 1.54) is 0 Å². The fourth-order valence-electron chi connectivity index (χ4n) is 2.29. The Morgan fingerprint density at radius 1 is 1.45 bits per heavy atom. The summed E-state index contributed by atoms with van der Waals surface area (Å²) in [5, 5.41) is 10.7. The number of nitrogens with one attached hydrogen (secondary N) is 2. The third-order valence-electron chi connectivity index (χ3n) is 3.55. The average molecular weight is 309 g/mol. The molecule has 0 spiro atoms. The molecular formula is C15H27N5O2. The third-order valence-corrected chi connectivity index (χ3v) is 3.55. The summed E-state index contributed by atoms with van der Waals surface area (Å²) < 4.78 is 12.9. The molecule has 1 fully saturated rings. The Bertz CT molecular complexity index is 416. The van der Waals surface area contributed by atoms with Crippen LogP contribution in [0, 0.1) is 5.92 Å².